The molecule has 0 unspecified atom stereocenters. The topological polar surface area (TPSA) is 23.0 Å². The van der Waals surface area contributed by atoms with Crippen LogP contribution in [0.25, 0.3) is 98.8 Å². The molecular weight excluding hydrogens is 597 g/mol. The third-order valence-corrected chi connectivity index (χ3v) is 10.3. The van der Waals surface area contributed by atoms with E-state index in [0.29, 0.717) is 0 Å². The maximum atomic E-state index is 6.75. The summed E-state index contributed by atoms with van der Waals surface area (Å²) in [5.41, 5.74) is 11.1. The largest absolute Gasteiger partial charge is 0.454 e. The molecule has 0 spiro atoms. The van der Waals surface area contributed by atoms with Crippen molar-refractivity contribution in [2.75, 3.05) is 0 Å². The summed E-state index contributed by atoms with van der Waals surface area (Å²) in [5.74, 6) is 0. The van der Waals surface area contributed by atoms with Crippen LogP contribution in [0.3, 0.4) is 0 Å². The van der Waals surface area contributed by atoms with Crippen molar-refractivity contribution in [1.82, 2.24) is 9.13 Å². The van der Waals surface area contributed by atoms with Crippen molar-refractivity contribution in [1.29, 1.82) is 0 Å². The minimum atomic E-state index is 0.900. The molecule has 0 saturated carbocycles. The number of rotatable bonds is 3. The number of fused-ring (bicyclic) bond motifs is 11. The molecule has 0 bridgehead atoms. The van der Waals surface area contributed by atoms with Gasteiger partial charge >= 0.3 is 0 Å². The second-order valence-electron chi connectivity index (χ2n) is 12.9. The van der Waals surface area contributed by atoms with Crippen molar-refractivity contribution in [2.24, 2.45) is 0 Å². The molecule has 3 nitrogen and oxygen atoms in total. The highest BCUT2D eigenvalue weighted by molar-refractivity contribution is 6.29. The van der Waals surface area contributed by atoms with Crippen LogP contribution in [0.2, 0.25) is 0 Å². The number of hydrogen-bond donors (Lipinski definition) is 0. The lowest BCUT2D eigenvalue weighted by Gasteiger charge is -2.10. The Balaban J connectivity index is 1.21. The zero-order valence-corrected chi connectivity index (χ0v) is 26.5. The number of aromatic nitrogens is 2. The molecule has 11 rings (SSSR count). The van der Waals surface area contributed by atoms with Gasteiger partial charge in [0.25, 0.3) is 0 Å². The van der Waals surface area contributed by atoms with Crippen molar-refractivity contribution in [3.8, 4) is 22.5 Å². The average Bonchev–Trinajstić information content (AvgIpc) is 3.81. The molecule has 0 saturated heterocycles. The quantitative estimate of drug-likeness (QED) is 0.192. The van der Waals surface area contributed by atoms with Crippen LogP contribution in [0.15, 0.2) is 174 Å². The maximum absolute atomic E-state index is 6.75. The zero-order valence-electron chi connectivity index (χ0n) is 26.5. The van der Waals surface area contributed by atoms with Crippen LogP contribution in [0.4, 0.5) is 0 Å². The first-order valence-electron chi connectivity index (χ1n) is 16.8. The second kappa shape index (κ2) is 9.96. The molecule has 0 radical (unpaired) electrons. The molecule has 0 aliphatic rings. The van der Waals surface area contributed by atoms with Gasteiger partial charge in [-0.3, -0.25) is 0 Å². The van der Waals surface area contributed by atoms with E-state index in [1.54, 1.807) is 0 Å². The SMILES string of the molecule is c1ccc(-c2ccc(-n3c4ccccc4c4c5c6ccccc6n(-c6cccc7c6oc6cc8ccccc8cc67)c5ccc43)cc2)cc1. The van der Waals surface area contributed by atoms with Gasteiger partial charge in [-0.05, 0) is 76.5 Å². The third kappa shape index (κ3) is 3.73. The summed E-state index contributed by atoms with van der Waals surface area (Å²) in [6.45, 7) is 0. The van der Waals surface area contributed by atoms with Crippen LogP contribution in [-0.4, -0.2) is 9.13 Å². The van der Waals surface area contributed by atoms with Crippen LogP contribution in [0.5, 0.6) is 0 Å². The van der Waals surface area contributed by atoms with Crippen molar-refractivity contribution in [3.63, 3.8) is 0 Å². The van der Waals surface area contributed by atoms with Gasteiger partial charge < -0.3 is 13.6 Å². The van der Waals surface area contributed by atoms with E-state index < -0.39 is 0 Å². The fourth-order valence-electron chi connectivity index (χ4n) is 8.13. The maximum Gasteiger partial charge on any atom is 0.159 e. The lowest BCUT2D eigenvalue weighted by atomic mass is 10.1. The fraction of sp³-hybridized carbons (Fsp3) is 0. The first kappa shape index (κ1) is 26.5. The van der Waals surface area contributed by atoms with Crippen LogP contribution in [-0.2, 0) is 0 Å². The Hall–Kier alpha value is -6.58. The van der Waals surface area contributed by atoms with E-state index in [9.17, 15) is 0 Å². The predicted molar refractivity (Wildman–Crippen MR) is 205 cm³/mol. The van der Waals surface area contributed by atoms with Crippen LogP contribution >= 0.6 is 0 Å². The molecule has 0 atom stereocenters. The van der Waals surface area contributed by atoms with Crippen LogP contribution in [0.1, 0.15) is 0 Å². The number of furan rings is 1. The Kier molecular flexibility index (Phi) is 5.38. The molecule has 3 heterocycles. The monoisotopic (exact) mass is 624 g/mol. The Bertz CT molecular complexity index is 3090. The van der Waals surface area contributed by atoms with E-state index in [2.05, 4.69) is 179 Å². The number of hydrogen-bond acceptors (Lipinski definition) is 1. The summed E-state index contributed by atoms with van der Waals surface area (Å²) in [6, 6.07) is 61.2. The molecule has 0 aliphatic heterocycles. The van der Waals surface area contributed by atoms with Gasteiger partial charge in [-0.25, -0.2) is 0 Å². The van der Waals surface area contributed by atoms with E-state index in [-0.39, 0.29) is 0 Å². The van der Waals surface area contributed by atoms with Gasteiger partial charge in [0.1, 0.15) is 5.58 Å². The smallest absolute Gasteiger partial charge is 0.159 e. The summed E-state index contributed by atoms with van der Waals surface area (Å²) < 4.78 is 11.6. The van der Waals surface area contributed by atoms with Gasteiger partial charge in [0.15, 0.2) is 5.58 Å². The van der Waals surface area contributed by atoms with Crippen LogP contribution in [0, 0.1) is 0 Å². The van der Waals surface area contributed by atoms with Gasteiger partial charge in [-0.1, -0.05) is 115 Å². The molecule has 0 amide bonds. The Labute approximate surface area is 281 Å². The van der Waals surface area contributed by atoms with Crippen molar-refractivity contribution in [3.05, 3.63) is 170 Å². The van der Waals surface area contributed by atoms with Gasteiger partial charge in [0, 0.05) is 38.0 Å². The lowest BCUT2D eigenvalue weighted by molar-refractivity contribution is 0.667. The average molecular weight is 625 g/mol. The molecule has 3 heteroatoms. The summed E-state index contributed by atoms with van der Waals surface area (Å²) in [4.78, 5) is 0. The Morgan fingerprint density at radius 1 is 0.367 bits per heavy atom. The molecule has 11 aromatic rings. The minimum Gasteiger partial charge on any atom is -0.454 e. The fourth-order valence-corrected chi connectivity index (χ4v) is 8.13. The van der Waals surface area contributed by atoms with Gasteiger partial charge in [0.2, 0.25) is 0 Å². The molecule has 3 aromatic heterocycles. The highest BCUT2D eigenvalue weighted by Gasteiger charge is 2.22. The number of nitrogens with zero attached hydrogens (tertiary/aromatic N) is 2. The van der Waals surface area contributed by atoms with E-state index in [4.69, 9.17) is 4.42 Å². The van der Waals surface area contributed by atoms with E-state index >= 15 is 0 Å². The first-order valence-corrected chi connectivity index (χ1v) is 16.8. The van der Waals surface area contributed by atoms with E-state index in [0.717, 1.165) is 44.3 Å². The van der Waals surface area contributed by atoms with Gasteiger partial charge in [0.05, 0.1) is 27.8 Å². The predicted octanol–water partition coefficient (Wildman–Crippen LogP) is 12.6. The van der Waals surface area contributed by atoms with Crippen molar-refractivity contribution >= 4 is 76.3 Å². The highest BCUT2D eigenvalue weighted by atomic mass is 16.3. The van der Waals surface area contributed by atoms with Crippen molar-refractivity contribution < 1.29 is 4.42 Å². The first-order chi connectivity index (χ1) is 24.3. The van der Waals surface area contributed by atoms with E-state index in [1.807, 2.05) is 0 Å². The van der Waals surface area contributed by atoms with Crippen molar-refractivity contribution in [2.45, 2.75) is 0 Å². The number of para-hydroxylation sites is 3. The molecule has 0 aliphatic carbocycles. The Morgan fingerprint density at radius 3 is 1.67 bits per heavy atom. The van der Waals surface area contributed by atoms with Gasteiger partial charge in [-0.2, -0.15) is 0 Å². The summed E-state index contributed by atoms with van der Waals surface area (Å²) >= 11 is 0. The second-order valence-corrected chi connectivity index (χ2v) is 12.9. The minimum absolute atomic E-state index is 0.900. The molecule has 0 N–H and O–H groups in total. The molecule has 49 heavy (non-hydrogen) atoms. The highest BCUT2D eigenvalue weighted by Crippen LogP contribution is 2.44. The summed E-state index contributed by atoms with van der Waals surface area (Å²) in [7, 11) is 0. The zero-order chi connectivity index (χ0) is 32.1. The third-order valence-electron chi connectivity index (χ3n) is 10.3. The van der Waals surface area contributed by atoms with Crippen LogP contribution < -0.4 is 0 Å². The summed E-state index contributed by atoms with van der Waals surface area (Å²) in [6.07, 6.45) is 0. The summed E-state index contributed by atoms with van der Waals surface area (Å²) in [5, 5.41) is 9.65. The molecule has 8 aromatic carbocycles. The molecule has 0 fully saturated rings. The van der Waals surface area contributed by atoms with E-state index in [1.165, 1.54) is 54.5 Å². The molecular formula is C46H28N2O. The standard InChI is InChI=1S/C46H28N2O/c1-2-11-29(12-3-1)30-21-23-33(24-22-30)47-38-18-8-6-15-35(38)44-40(47)25-26-41-45(44)36-16-7-9-19-39(36)48(41)42-20-10-17-34-37-27-31-13-4-5-14-32(31)28-43(37)49-46(34)42/h1-28H. The molecule has 228 valence electrons. The Morgan fingerprint density at radius 2 is 0.939 bits per heavy atom. The normalized spacial score (nSPS) is 12.1. The number of benzene rings is 8. The lowest BCUT2D eigenvalue weighted by Crippen LogP contribution is -1.95. The van der Waals surface area contributed by atoms with Gasteiger partial charge in [-0.15, -0.1) is 0 Å².